The number of sulfonamides is 1. The molecule has 0 bridgehead atoms. The van der Waals surface area contributed by atoms with Gasteiger partial charge in [-0.15, -0.1) is 0 Å². The first kappa shape index (κ1) is 15.4. The monoisotopic (exact) mass is 279 g/mol. The van der Waals surface area contributed by atoms with Gasteiger partial charge in [0.1, 0.15) is 10.8 Å². The van der Waals surface area contributed by atoms with Gasteiger partial charge in [0.15, 0.2) is 0 Å². The van der Waals surface area contributed by atoms with Crippen LogP contribution in [0.25, 0.3) is 0 Å². The van der Waals surface area contributed by atoms with Crippen molar-refractivity contribution < 1.29 is 23.1 Å². The third-order valence-corrected chi connectivity index (χ3v) is 5.49. The van der Waals surface area contributed by atoms with Crippen molar-refractivity contribution in [2.75, 3.05) is 13.7 Å². The Kier molecular flexibility index (Phi) is 5.12. The molecule has 0 aromatic heterocycles. The number of methoxy groups -OCH3 is 1. The molecule has 2 N–H and O–H groups in total. The summed E-state index contributed by atoms with van der Waals surface area (Å²) in [7, 11) is -2.20. The molecule has 0 saturated heterocycles. The third kappa shape index (κ3) is 3.43. The average Bonchev–Trinajstić information content (AvgIpc) is 3.05. The topological polar surface area (TPSA) is 92.7 Å². The maximum Gasteiger partial charge on any atom is 0.321 e. The van der Waals surface area contributed by atoms with E-state index in [2.05, 4.69) is 4.72 Å². The zero-order chi connectivity index (χ0) is 13.8. The van der Waals surface area contributed by atoms with Crippen molar-refractivity contribution in [2.24, 2.45) is 0 Å². The van der Waals surface area contributed by atoms with Crippen molar-refractivity contribution in [1.82, 2.24) is 4.72 Å². The Morgan fingerprint density at radius 3 is 2.50 bits per heavy atom. The second-order valence-corrected chi connectivity index (χ2v) is 6.88. The van der Waals surface area contributed by atoms with E-state index in [4.69, 9.17) is 9.84 Å². The van der Waals surface area contributed by atoms with Crippen LogP contribution >= 0.6 is 0 Å². The van der Waals surface area contributed by atoms with Crippen LogP contribution < -0.4 is 4.72 Å². The van der Waals surface area contributed by atoms with E-state index in [-0.39, 0.29) is 6.61 Å². The fraction of sp³-hybridized carbons (Fsp3) is 0.909. The zero-order valence-electron chi connectivity index (χ0n) is 10.8. The molecule has 0 aromatic carbocycles. The molecule has 6 nitrogen and oxygen atoms in total. The van der Waals surface area contributed by atoms with Gasteiger partial charge < -0.3 is 9.84 Å². The molecule has 7 heteroatoms. The molecule has 0 aliphatic heterocycles. The van der Waals surface area contributed by atoms with Gasteiger partial charge in [0.2, 0.25) is 10.0 Å². The average molecular weight is 279 g/mol. The van der Waals surface area contributed by atoms with E-state index in [1.807, 2.05) is 6.92 Å². The fourth-order valence-electron chi connectivity index (χ4n) is 1.85. The highest BCUT2D eigenvalue weighted by Crippen LogP contribution is 2.43. The normalized spacial score (nSPS) is 19.4. The van der Waals surface area contributed by atoms with E-state index in [1.54, 1.807) is 0 Å². The van der Waals surface area contributed by atoms with Gasteiger partial charge in [0.25, 0.3) is 0 Å². The number of aliphatic carboxylic acids is 1. The predicted molar refractivity (Wildman–Crippen MR) is 66.8 cm³/mol. The molecule has 1 rings (SSSR count). The summed E-state index contributed by atoms with van der Waals surface area (Å²) in [4.78, 5) is 11.0. The summed E-state index contributed by atoms with van der Waals surface area (Å²) in [6.07, 6.45) is 2.87. The summed E-state index contributed by atoms with van der Waals surface area (Å²) in [6, 6.07) is -1.04. The van der Waals surface area contributed by atoms with Crippen LogP contribution in [0.2, 0.25) is 0 Å². The standard InChI is InChI=1S/C11H21NO5S/c1-3-4-5-9(10(13)14)12-18(15,16)11(6-7-11)8-17-2/h9,12H,3-8H2,1-2H3,(H,13,14)/t9-/m0/s1. The van der Waals surface area contributed by atoms with E-state index < -0.39 is 26.8 Å². The van der Waals surface area contributed by atoms with Gasteiger partial charge in [-0.25, -0.2) is 13.1 Å². The van der Waals surface area contributed by atoms with Crippen LogP contribution in [0.15, 0.2) is 0 Å². The molecular weight excluding hydrogens is 258 g/mol. The highest BCUT2D eigenvalue weighted by Gasteiger charge is 2.55. The lowest BCUT2D eigenvalue weighted by Crippen LogP contribution is -2.47. The summed E-state index contributed by atoms with van der Waals surface area (Å²) >= 11 is 0. The summed E-state index contributed by atoms with van der Waals surface area (Å²) in [5, 5.41) is 9.02. The molecule has 1 fully saturated rings. The molecule has 1 aliphatic rings. The SMILES string of the molecule is CCCC[C@H](NS(=O)(=O)C1(COC)CC1)C(=O)O. The molecule has 0 radical (unpaired) electrons. The molecule has 1 aliphatic carbocycles. The van der Waals surface area contributed by atoms with E-state index in [9.17, 15) is 13.2 Å². The maximum absolute atomic E-state index is 12.1. The van der Waals surface area contributed by atoms with Crippen LogP contribution in [0.3, 0.4) is 0 Å². The van der Waals surface area contributed by atoms with E-state index in [1.165, 1.54) is 7.11 Å². The smallest absolute Gasteiger partial charge is 0.321 e. The first-order valence-electron chi connectivity index (χ1n) is 6.12. The predicted octanol–water partition coefficient (Wildman–Crippen LogP) is 0.728. The molecule has 0 aromatic rings. The van der Waals surface area contributed by atoms with Crippen molar-refractivity contribution in [2.45, 2.75) is 49.8 Å². The first-order chi connectivity index (χ1) is 8.38. The minimum Gasteiger partial charge on any atom is -0.480 e. The second-order valence-electron chi connectivity index (χ2n) is 4.77. The number of nitrogens with one attached hydrogen (secondary N) is 1. The Balaban J connectivity index is 2.71. The first-order valence-corrected chi connectivity index (χ1v) is 7.60. The van der Waals surface area contributed by atoms with Gasteiger partial charge >= 0.3 is 5.97 Å². The second kappa shape index (κ2) is 5.99. The minimum atomic E-state index is -3.64. The Morgan fingerprint density at radius 2 is 2.11 bits per heavy atom. The Labute approximate surface area is 108 Å². The lowest BCUT2D eigenvalue weighted by molar-refractivity contribution is -0.139. The van der Waals surface area contributed by atoms with Crippen molar-refractivity contribution in [3.05, 3.63) is 0 Å². The molecule has 0 heterocycles. The number of rotatable bonds is 9. The van der Waals surface area contributed by atoms with Crippen molar-refractivity contribution >= 4 is 16.0 Å². The van der Waals surface area contributed by atoms with E-state index >= 15 is 0 Å². The number of hydrogen-bond donors (Lipinski definition) is 2. The van der Waals surface area contributed by atoms with Crippen LogP contribution in [0.4, 0.5) is 0 Å². The van der Waals surface area contributed by atoms with Crippen LogP contribution in [-0.2, 0) is 19.6 Å². The molecule has 0 amide bonds. The summed E-state index contributed by atoms with van der Waals surface area (Å²) in [5.41, 5.74) is 0. The Hall–Kier alpha value is -0.660. The number of carboxylic acid groups (broad SMARTS) is 1. The molecule has 1 atom stereocenters. The zero-order valence-corrected chi connectivity index (χ0v) is 11.6. The minimum absolute atomic E-state index is 0.114. The lowest BCUT2D eigenvalue weighted by atomic mass is 10.1. The summed E-state index contributed by atoms with van der Waals surface area (Å²) in [6.45, 7) is 2.04. The van der Waals surface area contributed by atoms with E-state index in [0.29, 0.717) is 25.7 Å². The molecule has 1 saturated carbocycles. The number of carboxylic acids is 1. The molecular formula is C11H21NO5S. The van der Waals surface area contributed by atoms with Crippen LogP contribution in [0, 0.1) is 0 Å². The van der Waals surface area contributed by atoms with Gasteiger partial charge in [-0.05, 0) is 19.3 Å². The fourth-order valence-corrected chi connectivity index (χ4v) is 3.60. The number of carbonyl (C=O) groups is 1. The number of unbranched alkanes of at least 4 members (excludes halogenated alkanes) is 1. The highest BCUT2D eigenvalue weighted by atomic mass is 32.2. The van der Waals surface area contributed by atoms with Gasteiger partial charge in [-0.3, -0.25) is 4.79 Å². The van der Waals surface area contributed by atoms with Gasteiger partial charge in [0, 0.05) is 7.11 Å². The van der Waals surface area contributed by atoms with Crippen LogP contribution in [0.1, 0.15) is 39.0 Å². The maximum atomic E-state index is 12.1. The number of hydrogen-bond acceptors (Lipinski definition) is 4. The summed E-state index contributed by atoms with van der Waals surface area (Å²) in [5.74, 6) is -1.12. The largest absolute Gasteiger partial charge is 0.480 e. The van der Waals surface area contributed by atoms with Crippen LogP contribution in [-0.4, -0.2) is 44.0 Å². The quantitative estimate of drug-likeness (QED) is 0.649. The third-order valence-electron chi connectivity index (χ3n) is 3.23. The van der Waals surface area contributed by atoms with E-state index in [0.717, 1.165) is 6.42 Å². The summed E-state index contributed by atoms with van der Waals surface area (Å²) < 4.78 is 30.6. The molecule has 18 heavy (non-hydrogen) atoms. The lowest BCUT2D eigenvalue weighted by Gasteiger charge is -2.20. The molecule has 0 unspecified atom stereocenters. The van der Waals surface area contributed by atoms with Gasteiger partial charge in [-0.1, -0.05) is 19.8 Å². The van der Waals surface area contributed by atoms with Gasteiger partial charge in [-0.2, -0.15) is 0 Å². The van der Waals surface area contributed by atoms with Crippen molar-refractivity contribution in [1.29, 1.82) is 0 Å². The molecule has 0 spiro atoms. The number of ether oxygens (including phenoxy) is 1. The molecule has 106 valence electrons. The van der Waals surface area contributed by atoms with Crippen LogP contribution in [0.5, 0.6) is 0 Å². The Bertz CT molecular complexity index is 388. The highest BCUT2D eigenvalue weighted by molar-refractivity contribution is 7.91. The Morgan fingerprint density at radius 1 is 1.50 bits per heavy atom. The van der Waals surface area contributed by atoms with Gasteiger partial charge in [0.05, 0.1) is 6.61 Å². The van der Waals surface area contributed by atoms with Crippen molar-refractivity contribution in [3.8, 4) is 0 Å². The van der Waals surface area contributed by atoms with Crippen molar-refractivity contribution in [3.63, 3.8) is 0 Å².